The summed E-state index contributed by atoms with van der Waals surface area (Å²) in [5.74, 6) is 2.20. The number of fused-ring (bicyclic) bond motifs is 1. The molecule has 1 atom stereocenters. The van der Waals surface area contributed by atoms with Crippen molar-refractivity contribution in [1.29, 1.82) is 0 Å². The van der Waals surface area contributed by atoms with Crippen LogP contribution in [0.2, 0.25) is 0 Å². The molecule has 1 fully saturated rings. The number of aromatic nitrogens is 4. The number of para-hydroxylation sites is 1. The second kappa shape index (κ2) is 8.02. The third-order valence-corrected chi connectivity index (χ3v) is 6.13. The van der Waals surface area contributed by atoms with Gasteiger partial charge < -0.3 is 10.2 Å². The van der Waals surface area contributed by atoms with Crippen molar-refractivity contribution in [3.63, 3.8) is 0 Å². The first kappa shape index (κ1) is 19.5. The second-order valence-corrected chi connectivity index (χ2v) is 8.62. The van der Waals surface area contributed by atoms with Gasteiger partial charge in [-0.15, -0.1) is 0 Å². The molecule has 5 rings (SSSR count). The highest BCUT2D eigenvalue weighted by Gasteiger charge is 2.22. The van der Waals surface area contributed by atoms with E-state index in [4.69, 9.17) is 9.97 Å². The van der Waals surface area contributed by atoms with E-state index in [0.29, 0.717) is 5.92 Å². The predicted molar refractivity (Wildman–Crippen MR) is 126 cm³/mol. The summed E-state index contributed by atoms with van der Waals surface area (Å²) in [6.45, 7) is 8.52. The van der Waals surface area contributed by atoms with Crippen LogP contribution in [-0.2, 0) is 0 Å². The van der Waals surface area contributed by atoms with Gasteiger partial charge in [-0.2, -0.15) is 15.1 Å². The Kier molecular flexibility index (Phi) is 5.06. The average Bonchev–Trinajstić information content (AvgIpc) is 3.21. The van der Waals surface area contributed by atoms with Gasteiger partial charge in [0.2, 0.25) is 5.95 Å². The molecule has 0 saturated carbocycles. The summed E-state index contributed by atoms with van der Waals surface area (Å²) < 4.78 is 1.90. The smallest absolute Gasteiger partial charge is 0.229 e. The Morgan fingerprint density at radius 3 is 2.61 bits per heavy atom. The highest BCUT2D eigenvalue weighted by Crippen LogP contribution is 2.30. The van der Waals surface area contributed by atoms with Crippen LogP contribution in [0.25, 0.3) is 16.7 Å². The standard InChI is InChI=1S/C25H28N6/c1-17-8-7-13-30(16-17)25-28-23(27-20-12-11-18(2)19(3)14-20)22-15-26-31(24(22)29-25)21-9-5-4-6-10-21/h4-6,9-12,14-15,17H,7-8,13,16H2,1-3H3,(H,27,28,29)/t17-/m1/s1. The van der Waals surface area contributed by atoms with Gasteiger partial charge in [0.05, 0.1) is 17.3 Å². The lowest BCUT2D eigenvalue weighted by Gasteiger charge is -2.31. The fraction of sp³-hybridized carbons (Fsp3) is 0.320. The molecule has 6 heteroatoms. The first-order chi connectivity index (χ1) is 15.1. The van der Waals surface area contributed by atoms with Crippen molar-refractivity contribution in [3.05, 3.63) is 65.9 Å². The third-order valence-electron chi connectivity index (χ3n) is 6.13. The van der Waals surface area contributed by atoms with Crippen LogP contribution in [0.5, 0.6) is 0 Å². The van der Waals surface area contributed by atoms with Gasteiger partial charge in [-0.05, 0) is 68.0 Å². The lowest BCUT2D eigenvalue weighted by atomic mass is 10.0. The van der Waals surface area contributed by atoms with Gasteiger partial charge in [-0.3, -0.25) is 0 Å². The van der Waals surface area contributed by atoms with Crippen molar-refractivity contribution >= 4 is 28.5 Å². The molecule has 0 radical (unpaired) electrons. The van der Waals surface area contributed by atoms with Crippen molar-refractivity contribution < 1.29 is 0 Å². The molecule has 0 spiro atoms. The van der Waals surface area contributed by atoms with E-state index in [1.54, 1.807) is 0 Å². The molecule has 0 aliphatic carbocycles. The van der Waals surface area contributed by atoms with Crippen molar-refractivity contribution in [2.75, 3.05) is 23.3 Å². The van der Waals surface area contributed by atoms with E-state index in [9.17, 15) is 0 Å². The minimum absolute atomic E-state index is 0.642. The molecule has 0 amide bonds. The largest absolute Gasteiger partial charge is 0.340 e. The molecule has 1 N–H and O–H groups in total. The summed E-state index contributed by atoms with van der Waals surface area (Å²) in [5, 5.41) is 9.11. The van der Waals surface area contributed by atoms with Crippen molar-refractivity contribution in [1.82, 2.24) is 19.7 Å². The fourth-order valence-corrected chi connectivity index (χ4v) is 4.22. The second-order valence-electron chi connectivity index (χ2n) is 8.62. The third kappa shape index (κ3) is 3.85. The van der Waals surface area contributed by atoms with Crippen LogP contribution in [0.3, 0.4) is 0 Å². The van der Waals surface area contributed by atoms with Crippen LogP contribution < -0.4 is 10.2 Å². The molecule has 1 aliphatic rings. The topological polar surface area (TPSA) is 58.9 Å². The first-order valence-corrected chi connectivity index (χ1v) is 11.0. The molecule has 31 heavy (non-hydrogen) atoms. The average molecular weight is 413 g/mol. The molecule has 0 unspecified atom stereocenters. The lowest BCUT2D eigenvalue weighted by Crippen LogP contribution is -2.35. The number of benzene rings is 2. The van der Waals surface area contributed by atoms with Crippen molar-refractivity contribution in [2.24, 2.45) is 5.92 Å². The quantitative estimate of drug-likeness (QED) is 0.485. The van der Waals surface area contributed by atoms with E-state index in [2.05, 4.69) is 54.3 Å². The minimum atomic E-state index is 0.642. The fourth-order valence-electron chi connectivity index (χ4n) is 4.22. The zero-order valence-corrected chi connectivity index (χ0v) is 18.3. The molecule has 6 nitrogen and oxygen atoms in total. The highest BCUT2D eigenvalue weighted by molar-refractivity contribution is 5.90. The van der Waals surface area contributed by atoms with Crippen LogP contribution in [0.15, 0.2) is 54.7 Å². The number of piperidine rings is 1. The maximum atomic E-state index is 4.98. The van der Waals surface area contributed by atoms with Gasteiger partial charge in [0, 0.05) is 18.8 Å². The van der Waals surface area contributed by atoms with Gasteiger partial charge in [0.25, 0.3) is 0 Å². The van der Waals surface area contributed by atoms with Crippen LogP contribution >= 0.6 is 0 Å². The van der Waals surface area contributed by atoms with E-state index >= 15 is 0 Å². The van der Waals surface area contributed by atoms with Crippen molar-refractivity contribution in [3.8, 4) is 5.69 Å². The number of nitrogens with one attached hydrogen (secondary N) is 1. The molecule has 3 heterocycles. The van der Waals surface area contributed by atoms with E-state index in [1.165, 1.54) is 24.0 Å². The van der Waals surface area contributed by atoms with Crippen LogP contribution in [0.1, 0.15) is 30.9 Å². The van der Waals surface area contributed by atoms with E-state index in [1.807, 2.05) is 41.2 Å². The molecular formula is C25H28N6. The van der Waals surface area contributed by atoms with E-state index in [-0.39, 0.29) is 0 Å². The Hall–Kier alpha value is -3.41. The number of nitrogens with zero attached hydrogens (tertiary/aromatic N) is 5. The Balaban J connectivity index is 1.63. The maximum absolute atomic E-state index is 4.98. The van der Waals surface area contributed by atoms with Crippen LogP contribution in [0.4, 0.5) is 17.5 Å². The molecule has 2 aromatic carbocycles. The predicted octanol–water partition coefficient (Wildman–Crippen LogP) is 5.41. The molecule has 2 aromatic heterocycles. The zero-order valence-electron chi connectivity index (χ0n) is 18.3. The van der Waals surface area contributed by atoms with Gasteiger partial charge >= 0.3 is 0 Å². The van der Waals surface area contributed by atoms with Crippen LogP contribution in [-0.4, -0.2) is 32.8 Å². The van der Waals surface area contributed by atoms with Gasteiger partial charge in [-0.25, -0.2) is 4.68 Å². The summed E-state index contributed by atoms with van der Waals surface area (Å²) in [5.41, 5.74) is 5.36. The number of rotatable bonds is 4. The maximum Gasteiger partial charge on any atom is 0.229 e. The molecule has 1 saturated heterocycles. The summed E-state index contributed by atoms with van der Waals surface area (Å²) in [6, 6.07) is 16.5. The molecule has 158 valence electrons. The monoisotopic (exact) mass is 412 g/mol. The molecule has 4 aromatic rings. The number of anilines is 3. The summed E-state index contributed by atoms with van der Waals surface area (Å²) >= 11 is 0. The molecule has 1 aliphatic heterocycles. The SMILES string of the molecule is Cc1ccc(Nc2nc(N3CCC[C@@H](C)C3)nc3c2cnn3-c2ccccc2)cc1C. The van der Waals surface area contributed by atoms with Crippen molar-refractivity contribution in [2.45, 2.75) is 33.6 Å². The normalized spacial score (nSPS) is 16.6. The number of hydrogen-bond acceptors (Lipinski definition) is 5. The summed E-state index contributed by atoms with van der Waals surface area (Å²) in [4.78, 5) is 12.2. The Labute approximate surface area is 182 Å². The first-order valence-electron chi connectivity index (χ1n) is 11.0. The van der Waals surface area contributed by atoms with E-state index in [0.717, 1.165) is 47.3 Å². The van der Waals surface area contributed by atoms with Gasteiger partial charge in [0.15, 0.2) is 5.65 Å². The Bertz CT molecular complexity index is 1210. The zero-order chi connectivity index (χ0) is 21.4. The number of hydrogen-bond donors (Lipinski definition) is 1. The summed E-state index contributed by atoms with van der Waals surface area (Å²) in [7, 11) is 0. The molecular weight excluding hydrogens is 384 g/mol. The molecule has 0 bridgehead atoms. The van der Waals surface area contributed by atoms with Gasteiger partial charge in [0.1, 0.15) is 5.82 Å². The lowest BCUT2D eigenvalue weighted by molar-refractivity contribution is 0.442. The van der Waals surface area contributed by atoms with E-state index < -0.39 is 0 Å². The Morgan fingerprint density at radius 2 is 1.84 bits per heavy atom. The summed E-state index contributed by atoms with van der Waals surface area (Å²) in [6.07, 6.45) is 4.28. The minimum Gasteiger partial charge on any atom is -0.340 e. The highest BCUT2D eigenvalue weighted by atomic mass is 15.3. The van der Waals surface area contributed by atoms with Gasteiger partial charge in [-0.1, -0.05) is 31.2 Å². The van der Waals surface area contributed by atoms with Crippen LogP contribution in [0, 0.1) is 19.8 Å². The Morgan fingerprint density at radius 1 is 1.00 bits per heavy atom. The number of aryl methyl sites for hydroxylation is 2.